The van der Waals surface area contributed by atoms with Crippen LogP contribution in [0.5, 0.6) is 0 Å². The number of carbonyl (C=O) groups is 3. The van der Waals surface area contributed by atoms with Crippen molar-refractivity contribution in [2.45, 2.75) is 95.2 Å². The number of nitrogens with one attached hydrogen (secondary N) is 2. The Bertz CT molecular complexity index is 2610. The third kappa shape index (κ3) is 9.22. The molecule has 1 aromatic carbocycles. The molecule has 21 heteroatoms. The molecule has 0 radical (unpaired) electrons. The average Bonchev–Trinajstić information content (AvgIpc) is 3.95. The van der Waals surface area contributed by atoms with Gasteiger partial charge in [-0.2, -0.15) is 5.10 Å². The van der Waals surface area contributed by atoms with E-state index in [0.29, 0.717) is 98.1 Å². The Kier molecular flexibility index (Phi) is 12.4. The lowest BCUT2D eigenvalue weighted by Gasteiger charge is -2.43. The number of likely N-dealkylation sites (tertiary alicyclic amines) is 2. The lowest BCUT2D eigenvalue weighted by atomic mass is 9.91. The van der Waals surface area contributed by atoms with Gasteiger partial charge in [-0.15, -0.1) is 0 Å². The zero-order chi connectivity index (χ0) is 46.3. The topological polar surface area (TPSA) is 219 Å². The molecule has 4 saturated heterocycles. The van der Waals surface area contributed by atoms with Crippen LogP contribution in [0.25, 0.3) is 33.8 Å². The van der Waals surface area contributed by atoms with E-state index in [4.69, 9.17) is 30.1 Å². The normalized spacial score (nSPS) is 20.5. The van der Waals surface area contributed by atoms with E-state index in [-0.39, 0.29) is 54.1 Å². The summed E-state index contributed by atoms with van der Waals surface area (Å²) < 4.78 is 44.1. The van der Waals surface area contributed by atoms with Crippen molar-refractivity contribution in [1.29, 1.82) is 0 Å². The van der Waals surface area contributed by atoms with Gasteiger partial charge in [0.05, 0.1) is 10.9 Å². The van der Waals surface area contributed by atoms with Crippen molar-refractivity contribution in [2.24, 2.45) is 0 Å². The molecular formula is C46H56F2N14O5. The second kappa shape index (κ2) is 18.7. The van der Waals surface area contributed by atoms with Crippen LogP contribution in [0.4, 0.5) is 30.8 Å². The number of anilines is 3. The highest BCUT2D eigenvalue weighted by atomic mass is 19.1. The molecule has 4 N–H and O–H groups in total. The molecule has 5 aliphatic rings. The van der Waals surface area contributed by atoms with Gasteiger partial charge in [0, 0.05) is 88.3 Å². The highest BCUT2D eigenvalue weighted by molar-refractivity contribution is 6.02. The first-order valence-corrected chi connectivity index (χ1v) is 23.5. The third-order valence-corrected chi connectivity index (χ3v) is 14.0. The molecular weight excluding hydrogens is 867 g/mol. The van der Waals surface area contributed by atoms with E-state index in [1.807, 2.05) is 30.9 Å². The van der Waals surface area contributed by atoms with Crippen LogP contribution in [0, 0.1) is 11.6 Å². The molecule has 5 fully saturated rings. The number of nitrogens with two attached hydrogens (primary N) is 1. The van der Waals surface area contributed by atoms with Gasteiger partial charge < -0.3 is 30.1 Å². The van der Waals surface area contributed by atoms with Gasteiger partial charge in [0.2, 0.25) is 11.8 Å². The zero-order valence-corrected chi connectivity index (χ0v) is 37.8. The SMILES string of the molecule is CC(C)n1nc(-c2noc(C3CC3)c2-c2ncc(C3CCN(C(=O)OCCN4CCC(N5CCN(c6c(F)cc(N[C@H]7CCC(=O)NC7=O)cc6F)CC5)CC4)CC3)cn2)c2c(N)ncnc21. The molecule has 10 rings (SSSR count). The fraction of sp³-hybridized carbons (Fsp3) is 0.543. The Labute approximate surface area is 385 Å². The Morgan fingerprint density at radius 2 is 1.61 bits per heavy atom. The monoisotopic (exact) mass is 922 g/mol. The summed E-state index contributed by atoms with van der Waals surface area (Å²) in [6.07, 6.45) is 10.8. The van der Waals surface area contributed by atoms with E-state index in [9.17, 15) is 14.4 Å². The lowest BCUT2D eigenvalue weighted by Crippen LogP contribution is -2.53. The molecule has 354 valence electrons. The number of fused-ring (bicyclic) bond motifs is 1. The summed E-state index contributed by atoms with van der Waals surface area (Å²) in [5.74, 6) is -0.233. The molecule has 1 atom stereocenters. The molecule has 4 aromatic heterocycles. The molecule has 5 aromatic rings. The van der Waals surface area contributed by atoms with E-state index < -0.39 is 23.6 Å². The lowest BCUT2D eigenvalue weighted by molar-refractivity contribution is -0.133. The van der Waals surface area contributed by atoms with Gasteiger partial charge >= 0.3 is 6.09 Å². The summed E-state index contributed by atoms with van der Waals surface area (Å²) in [6, 6.07) is 2.09. The largest absolute Gasteiger partial charge is 0.448 e. The summed E-state index contributed by atoms with van der Waals surface area (Å²) >= 11 is 0. The number of benzene rings is 1. The first-order valence-electron chi connectivity index (χ1n) is 23.5. The molecule has 0 spiro atoms. The van der Waals surface area contributed by atoms with Crippen molar-refractivity contribution >= 4 is 46.1 Å². The van der Waals surface area contributed by atoms with Crippen molar-refractivity contribution in [3.05, 3.63) is 53.8 Å². The maximum absolute atomic E-state index is 15.3. The van der Waals surface area contributed by atoms with E-state index in [2.05, 4.69) is 35.6 Å². The van der Waals surface area contributed by atoms with Gasteiger partial charge in [0.1, 0.15) is 41.9 Å². The number of ether oxygens (including phenoxy) is 1. The van der Waals surface area contributed by atoms with E-state index in [0.717, 1.165) is 62.9 Å². The number of imide groups is 1. The maximum atomic E-state index is 15.3. The Morgan fingerprint density at radius 3 is 2.28 bits per heavy atom. The molecule has 1 aliphatic carbocycles. The molecule has 0 unspecified atom stereocenters. The molecule has 0 bridgehead atoms. The van der Waals surface area contributed by atoms with Crippen LogP contribution in [0.15, 0.2) is 35.4 Å². The molecule has 67 heavy (non-hydrogen) atoms. The van der Waals surface area contributed by atoms with Gasteiger partial charge in [-0.3, -0.25) is 24.7 Å². The number of hydrogen-bond donors (Lipinski definition) is 3. The molecule has 4 aliphatic heterocycles. The van der Waals surface area contributed by atoms with Gasteiger partial charge in [0.25, 0.3) is 0 Å². The van der Waals surface area contributed by atoms with Gasteiger partial charge in [-0.25, -0.2) is 38.2 Å². The summed E-state index contributed by atoms with van der Waals surface area (Å²) in [4.78, 5) is 63.4. The summed E-state index contributed by atoms with van der Waals surface area (Å²) in [5.41, 5.74) is 9.88. The van der Waals surface area contributed by atoms with Crippen molar-refractivity contribution in [3.8, 4) is 22.8 Å². The van der Waals surface area contributed by atoms with Crippen LogP contribution in [0.3, 0.4) is 0 Å². The minimum Gasteiger partial charge on any atom is -0.448 e. The fourth-order valence-corrected chi connectivity index (χ4v) is 10.1. The second-order valence-corrected chi connectivity index (χ2v) is 18.6. The quantitative estimate of drug-likeness (QED) is 0.139. The molecule has 1 saturated carbocycles. The number of hydrogen-bond acceptors (Lipinski definition) is 16. The van der Waals surface area contributed by atoms with Gasteiger partial charge in [-0.05, 0) is 95.5 Å². The minimum atomic E-state index is -0.728. The van der Waals surface area contributed by atoms with Crippen LogP contribution in [0.1, 0.15) is 94.4 Å². The maximum Gasteiger partial charge on any atom is 0.409 e. The zero-order valence-electron chi connectivity index (χ0n) is 37.8. The average molecular weight is 923 g/mol. The number of amides is 3. The van der Waals surface area contributed by atoms with Crippen molar-refractivity contribution < 1.29 is 32.4 Å². The fourth-order valence-electron chi connectivity index (χ4n) is 10.1. The first-order chi connectivity index (χ1) is 32.5. The summed E-state index contributed by atoms with van der Waals surface area (Å²) in [6.45, 7) is 10.3. The molecule has 8 heterocycles. The summed E-state index contributed by atoms with van der Waals surface area (Å²) in [7, 11) is 0. The van der Waals surface area contributed by atoms with Crippen LogP contribution < -0.4 is 21.3 Å². The number of nitrogen functional groups attached to an aromatic ring is 1. The third-order valence-electron chi connectivity index (χ3n) is 14.0. The highest BCUT2D eigenvalue weighted by Gasteiger charge is 2.37. The Morgan fingerprint density at radius 1 is 0.896 bits per heavy atom. The number of nitrogens with zero attached hydrogens (tertiary/aromatic N) is 11. The van der Waals surface area contributed by atoms with Crippen molar-refractivity contribution in [2.75, 3.05) is 81.5 Å². The number of piperidine rings is 3. The van der Waals surface area contributed by atoms with Crippen molar-refractivity contribution in [1.82, 2.24) is 54.9 Å². The smallest absolute Gasteiger partial charge is 0.409 e. The van der Waals surface area contributed by atoms with E-state index >= 15 is 8.78 Å². The highest BCUT2D eigenvalue weighted by Crippen LogP contribution is 2.48. The standard InChI is InChI=1S/C46H56F2N14O5/c1-26(2)62-44-37(42(49)52-25-53-44)38(56-62)39-36(41(67-57-39)28-3-4-28)43-50-23-29(24-51-43)27-7-13-61(14-8-27)46(65)66-20-19-58-11-9-31(10-12-58)59-15-17-60(18-16-59)40-32(47)21-30(22-33(40)48)54-34-5-6-35(63)55-45(34)64/h21-28,31,34,54H,3-20H2,1-2H3,(H2,49,52,53)(H,55,63,64)/t34-/m0/s1. The minimum absolute atomic E-state index is 0.0231. The Balaban J connectivity index is 0.665. The van der Waals surface area contributed by atoms with Crippen LogP contribution in [0.2, 0.25) is 0 Å². The number of carbonyl (C=O) groups excluding carboxylic acids is 3. The van der Waals surface area contributed by atoms with Crippen LogP contribution in [-0.4, -0.2) is 145 Å². The number of aromatic nitrogens is 7. The van der Waals surface area contributed by atoms with E-state index in [1.165, 1.54) is 18.5 Å². The molecule has 3 amide bonds. The molecule has 19 nitrogen and oxygen atoms in total. The Hall–Kier alpha value is -6.35. The number of rotatable bonds is 12. The van der Waals surface area contributed by atoms with Gasteiger partial charge in [0.15, 0.2) is 28.9 Å². The van der Waals surface area contributed by atoms with Crippen LogP contribution >= 0.6 is 0 Å². The van der Waals surface area contributed by atoms with Gasteiger partial charge in [-0.1, -0.05) is 5.16 Å². The number of piperazine rings is 1. The number of halogens is 2. The van der Waals surface area contributed by atoms with Crippen molar-refractivity contribution in [3.63, 3.8) is 0 Å². The predicted octanol–water partition coefficient (Wildman–Crippen LogP) is 5.08. The van der Waals surface area contributed by atoms with Crippen LogP contribution in [-0.2, 0) is 14.3 Å². The van der Waals surface area contributed by atoms with E-state index in [1.54, 1.807) is 9.80 Å². The second-order valence-electron chi connectivity index (χ2n) is 18.6. The summed E-state index contributed by atoms with van der Waals surface area (Å²) in [5, 5.41) is 15.1. The first kappa shape index (κ1) is 44.5. The predicted molar refractivity (Wildman–Crippen MR) is 243 cm³/mol.